The number of nitrogens with zero attached hydrogens (tertiary/aromatic N) is 2. The van der Waals surface area contributed by atoms with Crippen LogP contribution in [0.15, 0.2) is 48.5 Å². The number of carbonyl (C=O) groups is 1. The van der Waals surface area contributed by atoms with Gasteiger partial charge in [-0.15, -0.1) is 0 Å². The van der Waals surface area contributed by atoms with Gasteiger partial charge in [-0.2, -0.15) is 5.10 Å². The fourth-order valence-electron chi connectivity index (χ4n) is 3.33. The van der Waals surface area contributed by atoms with Crippen LogP contribution in [0.3, 0.4) is 0 Å². The minimum Gasteiger partial charge on any atom is -0.320 e. The quantitative estimate of drug-likeness (QED) is 0.764. The van der Waals surface area contributed by atoms with Crippen LogP contribution < -0.4 is 5.32 Å². The molecule has 4 nitrogen and oxygen atoms in total. The monoisotopic (exact) mass is 353 g/mol. The molecule has 0 saturated carbocycles. The van der Waals surface area contributed by atoms with Crippen molar-refractivity contribution in [1.29, 1.82) is 0 Å². The molecule has 0 saturated heterocycles. The third-order valence-electron chi connectivity index (χ3n) is 4.55. The number of amides is 1. The summed E-state index contributed by atoms with van der Waals surface area (Å²) < 4.78 is 28.3. The zero-order valence-electron chi connectivity index (χ0n) is 14.0. The van der Waals surface area contributed by atoms with E-state index in [0.717, 1.165) is 36.9 Å². The van der Waals surface area contributed by atoms with Gasteiger partial charge in [0.25, 0.3) is 5.91 Å². The average molecular weight is 353 g/mol. The highest BCUT2D eigenvalue weighted by Crippen LogP contribution is 2.27. The van der Waals surface area contributed by atoms with Crippen molar-refractivity contribution in [3.63, 3.8) is 0 Å². The summed E-state index contributed by atoms with van der Waals surface area (Å²) in [5, 5.41) is 7.21. The summed E-state index contributed by atoms with van der Waals surface area (Å²) in [5.74, 6) is -1.10. The summed E-state index contributed by atoms with van der Waals surface area (Å²) in [4.78, 5) is 12.7. The first-order chi connectivity index (χ1) is 12.6. The number of hydrogen-bond acceptors (Lipinski definition) is 2. The van der Waals surface area contributed by atoms with Crippen LogP contribution in [0, 0.1) is 11.6 Å². The normalized spacial score (nSPS) is 13.3. The lowest BCUT2D eigenvalue weighted by molar-refractivity contribution is 0.102. The zero-order chi connectivity index (χ0) is 18.1. The second-order valence-corrected chi connectivity index (χ2v) is 6.33. The molecule has 1 aliphatic rings. The number of hydrogen-bond donors (Lipinski definition) is 1. The van der Waals surface area contributed by atoms with Gasteiger partial charge in [0, 0.05) is 16.9 Å². The number of halogens is 2. The molecule has 0 unspecified atom stereocenters. The molecular weight excluding hydrogens is 336 g/mol. The Balaban J connectivity index is 1.72. The molecule has 26 heavy (non-hydrogen) atoms. The van der Waals surface area contributed by atoms with Crippen molar-refractivity contribution >= 4 is 11.6 Å². The van der Waals surface area contributed by atoms with Crippen LogP contribution in [0.2, 0.25) is 0 Å². The summed E-state index contributed by atoms with van der Waals surface area (Å²) in [6.45, 7) is 0. The van der Waals surface area contributed by atoms with E-state index in [1.54, 1.807) is 22.9 Å². The summed E-state index contributed by atoms with van der Waals surface area (Å²) >= 11 is 0. The van der Waals surface area contributed by atoms with Crippen molar-refractivity contribution in [2.75, 3.05) is 5.32 Å². The van der Waals surface area contributed by atoms with Crippen LogP contribution in [0.25, 0.3) is 5.69 Å². The summed E-state index contributed by atoms with van der Waals surface area (Å²) in [7, 11) is 0. The number of nitrogens with one attached hydrogen (secondary N) is 1. The van der Waals surface area contributed by atoms with E-state index >= 15 is 0 Å². The summed E-state index contributed by atoms with van der Waals surface area (Å²) in [6, 6.07) is 11.8. The Morgan fingerprint density at radius 3 is 2.54 bits per heavy atom. The molecule has 1 amide bonds. The van der Waals surface area contributed by atoms with Crippen LogP contribution >= 0.6 is 0 Å². The Bertz CT molecular complexity index is 964. The van der Waals surface area contributed by atoms with E-state index in [0.29, 0.717) is 17.1 Å². The van der Waals surface area contributed by atoms with Crippen molar-refractivity contribution in [1.82, 2.24) is 9.78 Å². The molecule has 1 heterocycles. The first-order valence-corrected chi connectivity index (χ1v) is 8.55. The van der Waals surface area contributed by atoms with Crippen LogP contribution in [-0.4, -0.2) is 15.7 Å². The SMILES string of the molecule is O=C(Nc1cccc(F)c1)c1nn(-c2ccc(F)cc2)c2c1CCCC2. The minimum atomic E-state index is -0.415. The van der Waals surface area contributed by atoms with Gasteiger partial charge in [-0.05, 0) is 68.1 Å². The third-order valence-corrected chi connectivity index (χ3v) is 4.55. The lowest BCUT2D eigenvalue weighted by Crippen LogP contribution is -2.15. The highest BCUT2D eigenvalue weighted by Gasteiger charge is 2.25. The maximum absolute atomic E-state index is 13.3. The second-order valence-electron chi connectivity index (χ2n) is 6.33. The Morgan fingerprint density at radius 2 is 1.77 bits per heavy atom. The summed E-state index contributed by atoms with van der Waals surface area (Å²) in [5.41, 5.74) is 3.33. The first-order valence-electron chi connectivity index (χ1n) is 8.55. The molecule has 1 N–H and O–H groups in total. The molecule has 0 atom stereocenters. The van der Waals surface area contributed by atoms with Crippen LogP contribution in [0.1, 0.15) is 34.6 Å². The fraction of sp³-hybridized carbons (Fsp3) is 0.200. The van der Waals surface area contributed by atoms with Crippen molar-refractivity contribution in [3.05, 3.63) is 77.1 Å². The Labute approximate surface area is 149 Å². The molecule has 1 aromatic heterocycles. The second kappa shape index (κ2) is 6.71. The third kappa shape index (κ3) is 3.10. The molecule has 132 valence electrons. The zero-order valence-corrected chi connectivity index (χ0v) is 14.0. The van der Waals surface area contributed by atoms with E-state index in [2.05, 4.69) is 10.4 Å². The average Bonchev–Trinajstić information content (AvgIpc) is 3.02. The number of carbonyl (C=O) groups excluding carboxylic acids is 1. The molecule has 2 aromatic carbocycles. The number of rotatable bonds is 3. The molecule has 3 aromatic rings. The molecule has 0 spiro atoms. The number of fused-ring (bicyclic) bond motifs is 1. The highest BCUT2D eigenvalue weighted by atomic mass is 19.1. The molecule has 1 aliphatic carbocycles. The minimum absolute atomic E-state index is 0.321. The largest absolute Gasteiger partial charge is 0.320 e. The number of benzene rings is 2. The maximum Gasteiger partial charge on any atom is 0.276 e. The Hall–Kier alpha value is -3.02. The van der Waals surface area contributed by atoms with Gasteiger partial charge in [0.2, 0.25) is 0 Å². The van der Waals surface area contributed by atoms with Gasteiger partial charge in [-0.25, -0.2) is 13.5 Å². The van der Waals surface area contributed by atoms with E-state index in [4.69, 9.17) is 0 Å². The van der Waals surface area contributed by atoms with Gasteiger partial charge in [0.1, 0.15) is 11.6 Å². The Morgan fingerprint density at radius 1 is 1.00 bits per heavy atom. The van der Waals surface area contributed by atoms with Crippen molar-refractivity contribution in [3.8, 4) is 5.69 Å². The van der Waals surface area contributed by atoms with Crippen molar-refractivity contribution in [2.24, 2.45) is 0 Å². The molecular formula is C20H17F2N3O. The van der Waals surface area contributed by atoms with Gasteiger partial charge < -0.3 is 5.32 Å². The molecule has 0 bridgehead atoms. The molecule has 0 fully saturated rings. The number of anilines is 1. The predicted octanol–water partition coefficient (Wildman–Crippen LogP) is 4.28. The van der Waals surface area contributed by atoms with Crippen LogP contribution in [0.4, 0.5) is 14.5 Å². The lowest BCUT2D eigenvalue weighted by Gasteiger charge is -2.14. The van der Waals surface area contributed by atoms with Gasteiger partial charge >= 0.3 is 0 Å². The van der Waals surface area contributed by atoms with Gasteiger partial charge in [0.05, 0.1) is 5.69 Å². The molecule has 4 rings (SSSR count). The van der Waals surface area contributed by atoms with E-state index in [-0.39, 0.29) is 11.7 Å². The van der Waals surface area contributed by atoms with Gasteiger partial charge in [0.15, 0.2) is 5.69 Å². The van der Waals surface area contributed by atoms with E-state index in [9.17, 15) is 13.6 Å². The van der Waals surface area contributed by atoms with E-state index in [1.165, 1.54) is 30.3 Å². The van der Waals surface area contributed by atoms with Crippen LogP contribution in [-0.2, 0) is 12.8 Å². The van der Waals surface area contributed by atoms with Crippen molar-refractivity contribution in [2.45, 2.75) is 25.7 Å². The van der Waals surface area contributed by atoms with Gasteiger partial charge in [-0.3, -0.25) is 4.79 Å². The first kappa shape index (κ1) is 16.4. The van der Waals surface area contributed by atoms with Crippen molar-refractivity contribution < 1.29 is 13.6 Å². The van der Waals surface area contributed by atoms with Gasteiger partial charge in [-0.1, -0.05) is 6.07 Å². The fourth-order valence-corrected chi connectivity index (χ4v) is 3.33. The van der Waals surface area contributed by atoms with E-state index < -0.39 is 5.82 Å². The highest BCUT2D eigenvalue weighted by molar-refractivity contribution is 6.04. The predicted molar refractivity (Wildman–Crippen MR) is 94.5 cm³/mol. The van der Waals surface area contributed by atoms with E-state index in [1.807, 2.05) is 0 Å². The smallest absolute Gasteiger partial charge is 0.276 e. The maximum atomic E-state index is 13.3. The molecule has 6 heteroatoms. The van der Waals surface area contributed by atoms with Crippen LogP contribution in [0.5, 0.6) is 0 Å². The lowest BCUT2D eigenvalue weighted by atomic mass is 9.95. The Kier molecular flexibility index (Phi) is 4.24. The number of aromatic nitrogens is 2. The standard InChI is InChI=1S/C20H17F2N3O/c21-13-8-10-16(11-9-13)25-18-7-2-1-6-17(18)19(24-25)20(26)23-15-5-3-4-14(22)12-15/h3-5,8-12H,1-2,6-7H2,(H,23,26). The molecule has 0 aliphatic heterocycles. The molecule has 0 radical (unpaired) electrons. The summed E-state index contributed by atoms with van der Waals surface area (Å²) in [6.07, 6.45) is 3.59. The topological polar surface area (TPSA) is 46.9 Å².